The van der Waals surface area contributed by atoms with Crippen LogP contribution in [0.25, 0.3) is 16.6 Å². The average Bonchev–Trinajstić information content (AvgIpc) is 2.54. The first kappa shape index (κ1) is 15.9. The van der Waals surface area contributed by atoms with E-state index in [1.54, 1.807) is 13.0 Å². The zero-order valence-electron chi connectivity index (χ0n) is 13.8. The van der Waals surface area contributed by atoms with E-state index in [1.165, 1.54) is 11.5 Å². The molecule has 0 radical (unpaired) electrons. The molecule has 0 fully saturated rings. The number of fused-ring (bicyclic) bond motifs is 1. The maximum absolute atomic E-state index is 13.1. The second-order valence-corrected chi connectivity index (χ2v) is 5.67. The molecular weight excluding hydrogens is 304 g/mol. The Kier molecular flexibility index (Phi) is 4.16. The van der Waals surface area contributed by atoms with Gasteiger partial charge in [0.1, 0.15) is 0 Å². The van der Waals surface area contributed by atoms with Crippen LogP contribution in [0.5, 0.6) is 0 Å². The lowest BCUT2D eigenvalue weighted by Crippen LogP contribution is -2.26. The maximum Gasteiger partial charge on any atom is 0.303 e. The zero-order chi connectivity index (χ0) is 17.3. The molecular formula is C19H18N2O3. The molecule has 0 amide bonds. The summed E-state index contributed by atoms with van der Waals surface area (Å²) in [6.45, 7) is 4.94. The van der Waals surface area contributed by atoms with Gasteiger partial charge in [0.25, 0.3) is 5.56 Å². The SMILES string of the molecule is CC(=O)O[C@@H](C)c1nc2cccc(C)c2c(=O)n1-c1ccccc1. The van der Waals surface area contributed by atoms with Crippen molar-refractivity contribution in [1.29, 1.82) is 0 Å². The summed E-state index contributed by atoms with van der Waals surface area (Å²) < 4.78 is 6.79. The largest absolute Gasteiger partial charge is 0.455 e. The number of benzene rings is 2. The van der Waals surface area contributed by atoms with Crippen molar-refractivity contribution >= 4 is 16.9 Å². The van der Waals surface area contributed by atoms with Crippen molar-refractivity contribution in [3.8, 4) is 5.69 Å². The van der Waals surface area contributed by atoms with Crippen LogP contribution < -0.4 is 5.56 Å². The van der Waals surface area contributed by atoms with Crippen LogP contribution in [-0.4, -0.2) is 15.5 Å². The summed E-state index contributed by atoms with van der Waals surface area (Å²) in [6, 6.07) is 14.8. The van der Waals surface area contributed by atoms with Crippen LogP contribution in [-0.2, 0) is 9.53 Å². The number of aromatic nitrogens is 2. The molecule has 0 aliphatic rings. The molecule has 2 aromatic carbocycles. The highest BCUT2D eigenvalue weighted by Crippen LogP contribution is 2.21. The summed E-state index contributed by atoms with van der Waals surface area (Å²) in [5, 5.41) is 0.570. The first-order valence-corrected chi connectivity index (χ1v) is 7.74. The molecule has 0 bridgehead atoms. The van der Waals surface area contributed by atoms with Crippen molar-refractivity contribution in [1.82, 2.24) is 9.55 Å². The first-order chi connectivity index (χ1) is 11.5. The van der Waals surface area contributed by atoms with E-state index in [0.717, 1.165) is 5.56 Å². The van der Waals surface area contributed by atoms with Gasteiger partial charge >= 0.3 is 5.97 Å². The summed E-state index contributed by atoms with van der Waals surface area (Å²) in [4.78, 5) is 29.1. The highest BCUT2D eigenvalue weighted by Gasteiger charge is 2.20. The molecule has 5 heteroatoms. The Morgan fingerprint density at radius 1 is 1.12 bits per heavy atom. The Bertz CT molecular complexity index is 962. The molecule has 0 aliphatic carbocycles. The molecule has 122 valence electrons. The fraction of sp³-hybridized carbons (Fsp3) is 0.211. The first-order valence-electron chi connectivity index (χ1n) is 7.74. The van der Waals surface area contributed by atoms with Crippen molar-refractivity contribution in [2.45, 2.75) is 26.9 Å². The minimum Gasteiger partial charge on any atom is -0.455 e. The number of ether oxygens (including phenoxy) is 1. The predicted octanol–water partition coefficient (Wildman–Crippen LogP) is 3.32. The molecule has 5 nitrogen and oxygen atoms in total. The topological polar surface area (TPSA) is 61.2 Å². The molecule has 1 atom stereocenters. The minimum absolute atomic E-state index is 0.168. The minimum atomic E-state index is -0.639. The number of aryl methyl sites for hydroxylation is 1. The van der Waals surface area contributed by atoms with E-state index in [4.69, 9.17) is 4.74 Å². The Morgan fingerprint density at radius 2 is 1.83 bits per heavy atom. The zero-order valence-corrected chi connectivity index (χ0v) is 13.8. The summed E-state index contributed by atoms with van der Waals surface area (Å²) in [5.74, 6) is -0.0137. The van der Waals surface area contributed by atoms with Crippen LogP contribution >= 0.6 is 0 Å². The van der Waals surface area contributed by atoms with Gasteiger partial charge < -0.3 is 4.74 Å². The van der Waals surface area contributed by atoms with Gasteiger partial charge in [0, 0.05) is 6.92 Å². The van der Waals surface area contributed by atoms with Crippen molar-refractivity contribution in [2.75, 3.05) is 0 Å². The molecule has 0 unspecified atom stereocenters. The third-order valence-corrected chi connectivity index (χ3v) is 3.85. The molecule has 0 saturated carbocycles. The lowest BCUT2D eigenvalue weighted by molar-refractivity contribution is -0.146. The number of esters is 1. The Hall–Kier alpha value is -2.95. The summed E-state index contributed by atoms with van der Waals surface area (Å²) in [6.07, 6.45) is -0.639. The third-order valence-electron chi connectivity index (χ3n) is 3.85. The van der Waals surface area contributed by atoms with Crippen LogP contribution in [0, 0.1) is 6.92 Å². The Labute approximate surface area is 139 Å². The van der Waals surface area contributed by atoms with Gasteiger partial charge in [0.2, 0.25) is 0 Å². The fourth-order valence-electron chi connectivity index (χ4n) is 2.81. The number of para-hydroxylation sites is 1. The standard InChI is InChI=1S/C19H18N2O3/c1-12-8-7-11-16-17(12)19(23)21(15-9-5-4-6-10-15)18(20-16)13(2)24-14(3)22/h4-11,13H,1-3H3/t13-/m0/s1. The van der Waals surface area contributed by atoms with Gasteiger partial charge in [-0.2, -0.15) is 0 Å². The normalized spacial score (nSPS) is 12.1. The lowest BCUT2D eigenvalue weighted by atomic mass is 10.1. The van der Waals surface area contributed by atoms with Crippen LogP contribution in [0.4, 0.5) is 0 Å². The Morgan fingerprint density at radius 3 is 2.50 bits per heavy atom. The van der Waals surface area contributed by atoms with Crippen LogP contribution in [0.1, 0.15) is 31.3 Å². The lowest BCUT2D eigenvalue weighted by Gasteiger charge is -2.18. The van der Waals surface area contributed by atoms with Gasteiger partial charge in [0.15, 0.2) is 11.9 Å². The second-order valence-electron chi connectivity index (χ2n) is 5.67. The van der Waals surface area contributed by atoms with E-state index in [0.29, 0.717) is 22.4 Å². The number of hydrogen-bond acceptors (Lipinski definition) is 4. The van der Waals surface area contributed by atoms with Gasteiger partial charge in [-0.25, -0.2) is 4.98 Å². The monoisotopic (exact) mass is 322 g/mol. The number of carbonyl (C=O) groups excluding carboxylic acids is 1. The molecule has 3 rings (SSSR count). The van der Waals surface area contributed by atoms with E-state index in [2.05, 4.69) is 4.98 Å². The maximum atomic E-state index is 13.1. The van der Waals surface area contributed by atoms with E-state index in [-0.39, 0.29) is 5.56 Å². The van der Waals surface area contributed by atoms with E-state index >= 15 is 0 Å². The molecule has 0 saturated heterocycles. The van der Waals surface area contributed by atoms with Gasteiger partial charge in [-0.1, -0.05) is 30.3 Å². The molecule has 0 N–H and O–H groups in total. The molecule has 3 aromatic rings. The highest BCUT2D eigenvalue weighted by atomic mass is 16.5. The van der Waals surface area contributed by atoms with Crippen LogP contribution in [0.3, 0.4) is 0 Å². The van der Waals surface area contributed by atoms with Gasteiger partial charge in [0.05, 0.1) is 16.6 Å². The average molecular weight is 322 g/mol. The van der Waals surface area contributed by atoms with Gasteiger partial charge in [-0.05, 0) is 37.6 Å². The summed E-state index contributed by atoms with van der Waals surface area (Å²) in [5.41, 5.74) is 1.98. The van der Waals surface area contributed by atoms with E-state index < -0.39 is 12.1 Å². The third kappa shape index (κ3) is 2.80. The molecule has 0 aliphatic heterocycles. The summed E-state index contributed by atoms with van der Waals surface area (Å²) in [7, 11) is 0. The smallest absolute Gasteiger partial charge is 0.303 e. The fourth-order valence-corrected chi connectivity index (χ4v) is 2.81. The van der Waals surface area contributed by atoms with E-state index in [9.17, 15) is 9.59 Å². The van der Waals surface area contributed by atoms with Crippen molar-refractivity contribution in [2.24, 2.45) is 0 Å². The van der Waals surface area contributed by atoms with Crippen LogP contribution in [0.15, 0.2) is 53.3 Å². The van der Waals surface area contributed by atoms with Crippen LogP contribution in [0.2, 0.25) is 0 Å². The van der Waals surface area contributed by atoms with E-state index in [1.807, 2.05) is 49.4 Å². The Balaban J connectivity index is 2.37. The van der Waals surface area contributed by atoms with Crippen molar-refractivity contribution in [3.05, 3.63) is 70.3 Å². The van der Waals surface area contributed by atoms with Gasteiger partial charge in [-0.15, -0.1) is 0 Å². The quantitative estimate of drug-likeness (QED) is 0.694. The van der Waals surface area contributed by atoms with Crippen molar-refractivity contribution < 1.29 is 9.53 Å². The molecule has 1 aromatic heterocycles. The van der Waals surface area contributed by atoms with Gasteiger partial charge in [-0.3, -0.25) is 14.2 Å². The predicted molar refractivity (Wildman–Crippen MR) is 92.3 cm³/mol. The van der Waals surface area contributed by atoms with Crippen molar-refractivity contribution in [3.63, 3.8) is 0 Å². The molecule has 0 spiro atoms. The highest BCUT2D eigenvalue weighted by molar-refractivity contribution is 5.81. The summed E-state index contributed by atoms with van der Waals surface area (Å²) >= 11 is 0. The number of hydrogen-bond donors (Lipinski definition) is 0. The molecule has 24 heavy (non-hydrogen) atoms. The number of rotatable bonds is 3. The number of nitrogens with zero attached hydrogens (tertiary/aromatic N) is 2. The number of carbonyl (C=O) groups is 1. The molecule has 1 heterocycles. The second kappa shape index (κ2) is 6.28.